The Balaban J connectivity index is 2.11. The van der Waals surface area contributed by atoms with Crippen molar-refractivity contribution >= 4 is 6.09 Å². The second kappa shape index (κ2) is 7.55. The first-order valence-corrected chi connectivity index (χ1v) is 8.86. The summed E-state index contributed by atoms with van der Waals surface area (Å²) in [7, 11) is 0. The first-order chi connectivity index (χ1) is 11.2. The highest BCUT2D eigenvalue weighted by atomic mass is 16.6. The van der Waals surface area contributed by atoms with Gasteiger partial charge in [0.25, 0.3) is 0 Å². The molecule has 2 heterocycles. The maximum Gasteiger partial charge on any atom is 0.410 e. The lowest BCUT2D eigenvalue weighted by molar-refractivity contribution is 0.0166. The number of aliphatic hydroxyl groups excluding tert-OH is 1. The number of rotatable bonds is 4. The molecule has 6 nitrogen and oxygen atoms in total. The van der Waals surface area contributed by atoms with Crippen LogP contribution in [0.15, 0.2) is 0 Å². The zero-order chi connectivity index (χ0) is 17.9. The van der Waals surface area contributed by atoms with E-state index in [4.69, 9.17) is 14.9 Å². The van der Waals surface area contributed by atoms with E-state index < -0.39 is 5.60 Å². The van der Waals surface area contributed by atoms with Crippen molar-refractivity contribution in [1.29, 1.82) is 0 Å². The van der Waals surface area contributed by atoms with Crippen LogP contribution in [0.25, 0.3) is 0 Å². The summed E-state index contributed by atoms with van der Waals surface area (Å²) in [5, 5.41) is 13.8. The van der Waals surface area contributed by atoms with E-state index in [9.17, 15) is 4.79 Å². The van der Waals surface area contributed by atoms with Gasteiger partial charge in [0.15, 0.2) is 0 Å². The molecule has 1 saturated heterocycles. The van der Waals surface area contributed by atoms with E-state index in [2.05, 4.69) is 11.6 Å². The Hall–Kier alpha value is -1.56. The summed E-state index contributed by atoms with van der Waals surface area (Å²) >= 11 is 0. The molecule has 1 fully saturated rings. The maximum absolute atomic E-state index is 12.3. The first kappa shape index (κ1) is 18.8. The SMILES string of the molecule is Cc1nn(C2CCCN(C(=O)OC(C)(C)C)C2)c(C)c1CCCO. The third-order valence-corrected chi connectivity index (χ3v) is 4.45. The van der Waals surface area contributed by atoms with Crippen molar-refractivity contribution in [3.63, 3.8) is 0 Å². The van der Waals surface area contributed by atoms with Gasteiger partial charge in [-0.3, -0.25) is 4.68 Å². The summed E-state index contributed by atoms with van der Waals surface area (Å²) in [6, 6.07) is 0.188. The van der Waals surface area contributed by atoms with Crippen LogP contribution in [-0.2, 0) is 11.2 Å². The summed E-state index contributed by atoms with van der Waals surface area (Å²) in [5.74, 6) is 0. The van der Waals surface area contributed by atoms with Crippen LogP contribution in [0.2, 0.25) is 0 Å². The fraction of sp³-hybridized carbons (Fsp3) is 0.778. The van der Waals surface area contributed by atoms with E-state index in [1.54, 1.807) is 4.90 Å². The van der Waals surface area contributed by atoms with Crippen LogP contribution < -0.4 is 0 Å². The molecule has 1 atom stereocenters. The van der Waals surface area contributed by atoms with Gasteiger partial charge in [0, 0.05) is 25.4 Å². The number of likely N-dealkylation sites (tertiary alicyclic amines) is 1. The molecule has 1 aliphatic rings. The summed E-state index contributed by atoms with van der Waals surface area (Å²) < 4.78 is 7.57. The van der Waals surface area contributed by atoms with E-state index in [1.165, 1.54) is 5.56 Å². The van der Waals surface area contributed by atoms with Gasteiger partial charge in [0.1, 0.15) is 5.60 Å². The molecule has 1 unspecified atom stereocenters. The van der Waals surface area contributed by atoms with Crippen molar-refractivity contribution < 1.29 is 14.6 Å². The number of piperidine rings is 1. The molecule has 1 aromatic rings. The molecule has 1 aromatic heterocycles. The van der Waals surface area contributed by atoms with E-state index in [-0.39, 0.29) is 18.7 Å². The van der Waals surface area contributed by atoms with Crippen LogP contribution in [0.5, 0.6) is 0 Å². The third kappa shape index (κ3) is 4.50. The molecule has 24 heavy (non-hydrogen) atoms. The first-order valence-electron chi connectivity index (χ1n) is 8.86. The fourth-order valence-corrected chi connectivity index (χ4v) is 3.32. The number of aliphatic hydroxyl groups is 1. The largest absolute Gasteiger partial charge is 0.444 e. The number of carbonyl (C=O) groups excluding carboxylic acids is 1. The number of aryl methyl sites for hydroxylation is 1. The molecule has 0 bridgehead atoms. The minimum atomic E-state index is -0.473. The van der Waals surface area contributed by atoms with Gasteiger partial charge < -0.3 is 14.7 Å². The Morgan fingerprint density at radius 2 is 2.08 bits per heavy atom. The zero-order valence-corrected chi connectivity index (χ0v) is 15.6. The highest BCUT2D eigenvalue weighted by molar-refractivity contribution is 5.68. The Labute approximate surface area is 144 Å². The van der Waals surface area contributed by atoms with Gasteiger partial charge in [-0.1, -0.05) is 0 Å². The Bertz CT molecular complexity index is 575. The highest BCUT2D eigenvalue weighted by Gasteiger charge is 2.30. The normalized spacial score (nSPS) is 18.8. The van der Waals surface area contributed by atoms with Crippen molar-refractivity contribution in [2.75, 3.05) is 19.7 Å². The van der Waals surface area contributed by atoms with Crippen molar-refractivity contribution in [1.82, 2.24) is 14.7 Å². The van der Waals surface area contributed by atoms with Gasteiger partial charge in [0.05, 0.1) is 11.7 Å². The molecule has 0 aliphatic carbocycles. The van der Waals surface area contributed by atoms with Gasteiger partial charge in [-0.25, -0.2) is 4.79 Å². The molecule has 1 N–H and O–H groups in total. The van der Waals surface area contributed by atoms with Crippen LogP contribution in [0.1, 0.15) is 63.0 Å². The molecule has 6 heteroatoms. The Kier molecular flexibility index (Phi) is 5.91. The second-order valence-corrected chi connectivity index (χ2v) is 7.64. The summed E-state index contributed by atoms with van der Waals surface area (Å²) in [5.41, 5.74) is 2.92. The molecule has 1 amide bonds. The van der Waals surface area contributed by atoms with Gasteiger partial charge in [-0.2, -0.15) is 5.10 Å². The smallest absolute Gasteiger partial charge is 0.410 e. The number of amides is 1. The Morgan fingerprint density at radius 1 is 1.38 bits per heavy atom. The Morgan fingerprint density at radius 3 is 2.71 bits per heavy atom. The number of carbonyl (C=O) groups is 1. The summed E-state index contributed by atoms with van der Waals surface area (Å²) in [4.78, 5) is 14.1. The van der Waals surface area contributed by atoms with Crippen molar-refractivity contribution in [3.05, 3.63) is 17.0 Å². The molecule has 2 rings (SSSR count). The number of ether oxygens (including phenoxy) is 1. The van der Waals surface area contributed by atoms with Gasteiger partial charge in [0.2, 0.25) is 0 Å². The highest BCUT2D eigenvalue weighted by Crippen LogP contribution is 2.26. The summed E-state index contributed by atoms with van der Waals surface area (Å²) in [6.07, 6.45) is 3.32. The van der Waals surface area contributed by atoms with E-state index in [0.717, 1.165) is 43.6 Å². The standard InChI is InChI=1S/C18H31N3O3/c1-13-16(9-7-11-22)14(2)21(19-13)15-8-6-10-20(12-15)17(23)24-18(3,4)5/h15,22H,6-12H2,1-5H3. The minimum Gasteiger partial charge on any atom is -0.444 e. The van der Waals surface area contributed by atoms with Gasteiger partial charge in [-0.15, -0.1) is 0 Å². The molecule has 0 radical (unpaired) electrons. The van der Waals surface area contributed by atoms with Crippen LogP contribution in [0.3, 0.4) is 0 Å². The van der Waals surface area contributed by atoms with Crippen LogP contribution >= 0.6 is 0 Å². The minimum absolute atomic E-state index is 0.188. The predicted octanol–water partition coefficient (Wildman–Crippen LogP) is 3.00. The molecule has 136 valence electrons. The molecule has 0 spiro atoms. The second-order valence-electron chi connectivity index (χ2n) is 7.64. The zero-order valence-electron chi connectivity index (χ0n) is 15.6. The molecule has 0 aromatic carbocycles. The van der Waals surface area contributed by atoms with Crippen molar-refractivity contribution in [2.24, 2.45) is 0 Å². The monoisotopic (exact) mass is 337 g/mol. The van der Waals surface area contributed by atoms with Gasteiger partial charge in [-0.05, 0) is 65.9 Å². The molecule has 1 aliphatic heterocycles. The topological polar surface area (TPSA) is 67.6 Å². The lowest BCUT2D eigenvalue weighted by atomic mass is 10.0. The number of hydrogen-bond donors (Lipinski definition) is 1. The number of hydrogen-bond acceptors (Lipinski definition) is 4. The summed E-state index contributed by atoms with van der Waals surface area (Å²) in [6.45, 7) is 11.3. The number of nitrogens with zero attached hydrogens (tertiary/aromatic N) is 3. The predicted molar refractivity (Wildman–Crippen MR) is 93.2 cm³/mol. The van der Waals surface area contributed by atoms with E-state index >= 15 is 0 Å². The van der Waals surface area contributed by atoms with Crippen LogP contribution in [0, 0.1) is 13.8 Å². The van der Waals surface area contributed by atoms with E-state index in [0.29, 0.717) is 6.54 Å². The average molecular weight is 337 g/mol. The molecular formula is C18H31N3O3. The van der Waals surface area contributed by atoms with Gasteiger partial charge >= 0.3 is 6.09 Å². The third-order valence-electron chi connectivity index (χ3n) is 4.45. The quantitative estimate of drug-likeness (QED) is 0.917. The fourth-order valence-electron chi connectivity index (χ4n) is 3.32. The van der Waals surface area contributed by atoms with Crippen molar-refractivity contribution in [2.45, 2.75) is 71.9 Å². The van der Waals surface area contributed by atoms with E-state index in [1.807, 2.05) is 27.7 Å². The molecule has 0 saturated carbocycles. The average Bonchev–Trinajstić information content (AvgIpc) is 2.78. The lowest BCUT2D eigenvalue weighted by Gasteiger charge is -2.34. The lowest BCUT2D eigenvalue weighted by Crippen LogP contribution is -2.43. The molecular weight excluding hydrogens is 306 g/mol. The maximum atomic E-state index is 12.3. The van der Waals surface area contributed by atoms with Crippen LogP contribution in [-0.4, -0.2) is 51.2 Å². The number of aromatic nitrogens is 2. The van der Waals surface area contributed by atoms with Crippen LogP contribution in [0.4, 0.5) is 4.79 Å². The van der Waals surface area contributed by atoms with Crippen molar-refractivity contribution in [3.8, 4) is 0 Å².